The van der Waals surface area contributed by atoms with E-state index in [1.165, 1.54) is 32.0 Å². The lowest BCUT2D eigenvalue weighted by Gasteiger charge is -2.32. The summed E-state index contributed by atoms with van der Waals surface area (Å²) in [5.74, 6) is -3.09. The maximum Gasteiger partial charge on any atom is 0.326 e. The monoisotopic (exact) mass is 380 g/mol. The van der Waals surface area contributed by atoms with Crippen LogP contribution in [0.3, 0.4) is 0 Å². The smallest absolute Gasteiger partial charge is 0.326 e. The summed E-state index contributed by atoms with van der Waals surface area (Å²) in [6.45, 7) is 0. The topological polar surface area (TPSA) is 75.7 Å². The summed E-state index contributed by atoms with van der Waals surface area (Å²) in [4.78, 5) is 39.3. The van der Waals surface area contributed by atoms with Gasteiger partial charge in [0.15, 0.2) is 0 Å². The molecule has 2 fully saturated rings. The van der Waals surface area contributed by atoms with E-state index in [1.54, 1.807) is 18.2 Å². The van der Waals surface area contributed by atoms with Crippen LogP contribution in [-0.2, 0) is 19.1 Å². The lowest BCUT2D eigenvalue weighted by Crippen LogP contribution is -2.56. The highest BCUT2D eigenvalue weighted by Crippen LogP contribution is 2.50. The van der Waals surface area contributed by atoms with Gasteiger partial charge < -0.3 is 4.74 Å². The highest BCUT2D eigenvalue weighted by Gasteiger charge is 2.68. The molecule has 140 valence electrons. The molecule has 4 atom stereocenters. The van der Waals surface area contributed by atoms with Crippen molar-refractivity contribution in [2.45, 2.75) is 18.0 Å². The molecule has 0 radical (unpaired) electrons. The van der Waals surface area contributed by atoms with Crippen LogP contribution < -0.4 is 5.32 Å². The van der Waals surface area contributed by atoms with E-state index in [9.17, 15) is 18.8 Å². The largest absolute Gasteiger partial charge is 0.468 e. The molecule has 8 heteroatoms. The molecular weight excluding hydrogens is 359 g/mol. The number of rotatable bonds is 5. The number of fused-ring (bicyclic) bond motifs is 1. The molecule has 26 heavy (non-hydrogen) atoms. The van der Waals surface area contributed by atoms with Gasteiger partial charge in [-0.1, -0.05) is 18.2 Å². The first kappa shape index (κ1) is 18.8. The van der Waals surface area contributed by atoms with Gasteiger partial charge in [-0.05, 0) is 24.5 Å². The highest BCUT2D eigenvalue weighted by atomic mass is 32.2. The number of nitrogens with zero attached hydrogens (tertiary/aromatic N) is 1. The molecule has 6 nitrogen and oxygen atoms in total. The van der Waals surface area contributed by atoms with Gasteiger partial charge >= 0.3 is 5.97 Å². The lowest BCUT2D eigenvalue weighted by molar-refractivity contribution is -0.154. The SMILES string of the molecule is COC(=O)[C@]1(CCSC)N[C@H](c2ccccc2F)[C@@H]2C(=O)N(C)C(=O)[C@@H]21. The molecule has 0 unspecified atom stereocenters. The molecule has 1 aromatic rings. The number of ether oxygens (including phenoxy) is 1. The van der Waals surface area contributed by atoms with Crippen molar-refractivity contribution in [3.8, 4) is 0 Å². The fourth-order valence-electron chi connectivity index (χ4n) is 4.11. The zero-order valence-electron chi connectivity index (χ0n) is 14.8. The highest BCUT2D eigenvalue weighted by molar-refractivity contribution is 7.98. The fourth-order valence-corrected chi connectivity index (χ4v) is 4.63. The Labute approximate surface area is 155 Å². The third kappa shape index (κ3) is 2.63. The number of benzene rings is 1. The molecule has 2 aliphatic heterocycles. The summed E-state index contributed by atoms with van der Waals surface area (Å²) in [6, 6.07) is 5.32. The van der Waals surface area contributed by atoms with Crippen molar-refractivity contribution in [1.29, 1.82) is 0 Å². The number of halogens is 1. The van der Waals surface area contributed by atoms with E-state index in [0.717, 1.165) is 4.90 Å². The van der Waals surface area contributed by atoms with E-state index in [2.05, 4.69) is 5.32 Å². The Morgan fingerprint density at radius 1 is 1.35 bits per heavy atom. The fraction of sp³-hybridized carbons (Fsp3) is 0.500. The maximum atomic E-state index is 14.4. The predicted octanol–water partition coefficient (Wildman–Crippen LogP) is 1.37. The first-order chi connectivity index (χ1) is 12.4. The van der Waals surface area contributed by atoms with E-state index in [4.69, 9.17) is 4.74 Å². The molecule has 0 bridgehead atoms. The van der Waals surface area contributed by atoms with Crippen LogP contribution in [0.4, 0.5) is 4.39 Å². The Kier molecular flexibility index (Phi) is 5.07. The zero-order chi connectivity index (χ0) is 19.1. The number of imide groups is 1. The number of nitrogens with one attached hydrogen (secondary N) is 1. The minimum absolute atomic E-state index is 0.272. The van der Waals surface area contributed by atoms with Crippen LogP contribution >= 0.6 is 11.8 Å². The summed E-state index contributed by atoms with van der Waals surface area (Å²) < 4.78 is 19.4. The summed E-state index contributed by atoms with van der Waals surface area (Å²) in [7, 11) is 2.65. The van der Waals surface area contributed by atoms with Gasteiger partial charge in [0, 0.05) is 18.7 Å². The Morgan fingerprint density at radius 2 is 2.04 bits per heavy atom. The number of carbonyl (C=O) groups excluding carboxylic acids is 3. The quantitative estimate of drug-likeness (QED) is 0.614. The summed E-state index contributed by atoms with van der Waals surface area (Å²) in [5, 5.41) is 3.13. The number of esters is 1. The second-order valence-corrected chi connectivity index (χ2v) is 7.57. The van der Waals surface area contributed by atoms with E-state index >= 15 is 0 Å². The van der Waals surface area contributed by atoms with Gasteiger partial charge in [-0.15, -0.1) is 0 Å². The van der Waals surface area contributed by atoms with Crippen molar-refractivity contribution in [1.82, 2.24) is 10.2 Å². The van der Waals surface area contributed by atoms with E-state index in [1.807, 2.05) is 6.26 Å². The van der Waals surface area contributed by atoms with Crippen LogP contribution in [0, 0.1) is 17.7 Å². The van der Waals surface area contributed by atoms with Crippen molar-refractivity contribution in [3.05, 3.63) is 35.6 Å². The van der Waals surface area contributed by atoms with E-state index < -0.39 is 47.0 Å². The van der Waals surface area contributed by atoms with Crippen LogP contribution in [0.25, 0.3) is 0 Å². The minimum atomic E-state index is -1.35. The molecule has 0 aliphatic carbocycles. The van der Waals surface area contributed by atoms with Gasteiger partial charge in [-0.3, -0.25) is 24.6 Å². The molecule has 2 saturated heterocycles. The third-order valence-corrected chi connectivity index (χ3v) is 5.98. The number of likely N-dealkylation sites (tertiary alicyclic amines) is 1. The Morgan fingerprint density at radius 3 is 2.65 bits per heavy atom. The lowest BCUT2D eigenvalue weighted by atomic mass is 9.78. The first-order valence-corrected chi connectivity index (χ1v) is 9.69. The summed E-state index contributed by atoms with van der Waals surface area (Å²) in [6.07, 6.45) is 2.19. The van der Waals surface area contributed by atoms with Crippen molar-refractivity contribution in [2.24, 2.45) is 11.8 Å². The molecule has 1 aromatic carbocycles. The maximum absolute atomic E-state index is 14.4. The predicted molar refractivity (Wildman–Crippen MR) is 94.8 cm³/mol. The van der Waals surface area contributed by atoms with Crippen LogP contribution in [0.1, 0.15) is 18.0 Å². The van der Waals surface area contributed by atoms with Crippen molar-refractivity contribution >= 4 is 29.5 Å². The van der Waals surface area contributed by atoms with Gasteiger partial charge in [0.2, 0.25) is 11.8 Å². The standard InChI is InChI=1S/C18H21FN2O4S/c1-21-15(22)12-13(16(21)23)18(8-9-26-3,17(24)25-2)20-14(12)10-6-4-5-7-11(10)19/h4-7,12-14,20H,8-9H2,1-3H3/t12-,13-,14-,18-/m1/s1. The number of thioether (sulfide) groups is 1. The van der Waals surface area contributed by atoms with Gasteiger partial charge in [0.1, 0.15) is 11.4 Å². The van der Waals surface area contributed by atoms with E-state index in [0.29, 0.717) is 12.2 Å². The van der Waals surface area contributed by atoms with Gasteiger partial charge in [0.25, 0.3) is 0 Å². The number of amides is 2. The Balaban J connectivity index is 2.15. The zero-order valence-corrected chi connectivity index (χ0v) is 15.6. The van der Waals surface area contributed by atoms with Gasteiger partial charge in [-0.25, -0.2) is 4.39 Å². The number of methoxy groups -OCH3 is 1. The normalized spacial score (nSPS) is 30.6. The van der Waals surface area contributed by atoms with Crippen LogP contribution in [0.5, 0.6) is 0 Å². The van der Waals surface area contributed by atoms with Crippen LogP contribution in [0.2, 0.25) is 0 Å². The van der Waals surface area contributed by atoms with Gasteiger partial charge in [0.05, 0.1) is 18.9 Å². The molecule has 2 amide bonds. The molecule has 0 saturated carbocycles. The van der Waals surface area contributed by atoms with Crippen molar-refractivity contribution < 1.29 is 23.5 Å². The molecule has 3 rings (SSSR count). The van der Waals surface area contributed by atoms with Crippen LogP contribution in [-0.4, -0.2) is 54.4 Å². The van der Waals surface area contributed by atoms with Crippen molar-refractivity contribution in [3.63, 3.8) is 0 Å². The second-order valence-electron chi connectivity index (χ2n) is 6.59. The third-order valence-electron chi connectivity index (χ3n) is 5.37. The molecule has 2 heterocycles. The first-order valence-electron chi connectivity index (χ1n) is 8.30. The Hall–Kier alpha value is -1.93. The number of carbonyl (C=O) groups is 3. The summed E-state index contributed by atoms with van der Waals surface area (Å²) >= 11 is 1.52. The van der Waals surface area contributed by atoms with Gasteiger partial charge in [-0.2, -0.15) is 11.8 Å². The minimum Gasteiger partial charge on any atom is -0.468 e. The number of hydrogen-bond donors (Lipinski definition) is 1. The van der Waals surface area contributed by atoms with Crippen molar-refractivity contribution in [2.75, 3.05) is 26.2 Å². The van der Waals surface area contributed by atoms with E-state index in [-0.39, 0.29) is 5.56 Å². The average Bonchev–Trinajstić information content (AvgIpc) is 3.10. The molecule has 2 aliphatic rings. The number of hydrogen-bond acceptors (Lipinski definition) is 6. The summed E-state index contributed by atoms with van der Waals surface area (Å²) in [5.41, 5.74) is -1.08. The molecular formula is C18H21FN2O4S. The van der Waals surface area contributed by atoms with Crippen LogP contribution in [0.15, 0.2) is 24.3 Å². The molecule has 0 aromatic heterocycles. The molecule has 1 N–H and O–H groups in total. The Bertz CT molecular complexity index is 758. The second kappa shape index (κ2) is 7.00. The molecule has 0 spiro atoms. The average molecular weight is 380 g/mol.